The highest BCUT2D eigenvalue weighted by Crippen LogP contribution is 2.08. The molecule has 88 valence electrons. The van der Waals surface area contributed by atoms with Gasteiger partial charge in [0.1, 0.15) is 5.82 Å². The van der Waals surface area contributed by atoms with Crippen molar-refractivity contribution in [1.29, 1.82) is 0 Å². The van der Waals surface area contributed by atoms with Crippen LogP contribution in [0.3, 0.4) is 0 Å². The van der Waals surface area contributed by atoms with E-state index in [0.717, 1.165) is 19.3 Å². The summed E-state index contributed by atoms with van der Waals surface area (Å²) in [5, 5.41) is 19.2. The molecule has 0 amide bonds. The maximum absolute atomic E-state index is 10.6. The van der Waals surface area contributed by atoms with Crippen LogP contribution in [0.5, 0.6) is 0 Å². The van der Waals surface area contributed by atoms with Crippen molar-refractivity contribution in [3.8, 4) is 0 Å². The summed E-state index contributed by atoms with van der Waals surface area (Å²) in [6, 6.07) is 3.41. The van der Waals surface area contributed by atoms with Gasteiger partial charge in [0.25, 0.3) is 0 Å². The number of carbonyl (C=O) groups is 1. The van der Waals surface area contributed by atoms with E-state index in [2.05, 4.69) is 29.4 Å². The molecule has 0 aromatic carbocycles. The number of carboxylic acid groups (broad SMARTS) is 1. The highest BCUT2D eigenvalue weighted by atomic mass is 16.4. The number of rotatable bonds is 6. The Bertz CT molecular complexity index is 338. The van der Waals surface area contributed by atoms with Crippen LogP contribution in [0, 0.1) is 0 Å². The largest absolute Gasteiger partial charge is 0.476 e. The van der Waals surface area contributed by atoms with Crippen molar-refractivity contribution < 1.29 is 9.90 Å². The van der Waals surface area contributed by atoms with Crippen molar-refractivity contribution in [3.63, 3.8) is 0 Å². The lowest BCUT2D eigenvalue weighted by atomic mass is 10.1. The molecule has 1 aromatic rings. The van der Waals surface area contributed by atoms with E-state index in [1.807, 2.05) is 0 Å². The van der Waals surface area contributed by atoms with Gasteiger partial charge in [0, 0.05) is 6.04 Å². The Morgan fingerprint density at radius 1 is 1.50 bits per heavy atom. The van der Waals surface area contributed by atoms with E-state index in [1.54, 1.807) is 6.07 Å². The molecular weight excluding hydrogens is 206 g/mol. The molecule has 5 nitrogen and oxygen atoms in total. The third-order valence-electron chi connectivity index (χ3n) is 2.27. The third kappa shape index (κ3) is 3.84. The Kier molecular flexibility index (Phi) is 4.69. The van der Waals surface area contributed by atoms with Gasteiger partial charge in [-0.3, -0.25) is 0 Å². The second kappa shape index (κ2) is 6.05. The minimum Gasteiger partial charge on any atom is -0.476 e. The summed E-state index contributed by atoms with van der Waals surface area (Å²) in [6.45, 7) is 4.22. The summed E-state index contributed by atoms with van der Waals surface area (Å²) in [7, 11) is 0. The Hall–Kier alpha value is -1.65. The molecular formula is C11H17N3O2. The quantitative estimate of drug-likeness (QED) is 0.773. The zero-order chi connectivity index (χ0) is 12.0. The molecule has 0 aliphatic heterocycles. The Balaban J connectivity index is 2.51. The average Bonchev–Trinajstić information content (AvgIpc) is 2.27. The average molecular weight is 223 g/mol. The fourth-order valence-corrected chi connectivity index (χ4v) is 1.36. The molecule has 0 spiro atoms. The second-order valence-corrected chi connectivity index (χ2v) is 3.80. The summed E-state index contributed by atoms with van der Waals surface area (Å²) in [5.74, 6) is -0.438. The van der Waals surface area contributed by atoms with Crippen LogP contribution < -0.4 is 5.32 Å². The summed E-state index contributed by atoms with van der Waals surface area (Å²) in [4.78, 5) is 10.6. The molecule has 1 unspecified atom stereocenters. The standard InChI is InChI=1S/C11H17N3O2/c1-3-4-5-8(2)12-10-7-6-9(11(15)16)13-14-10/h6-8H,3-5H2,1-2H3,(H,12,14)(H,15,16). The van der Waals surface area contributed by atoms with Gasteiger partial charge in [-0.2, -0.15) is 0 Å². The predicted octanol–water partition coefficient (Wildman–Crippen LogP) is 2.17. The Labute approximate surface area is 94.9 Å². The van der Waals surface area contributed by atoms with Gasteiger partial charge in [-0.05, 0) is 25.5 Å². The maximum Gasteiger partial charge on any atom is 0.356 e. The lowest BCUT2D eigenvalue weighted by molar-refractivity contribution is 0.0689. The fourth-order valence-electron chi connectivity index (χ4n) is 1.36. The number of unbranched alkanes of at least 4 members (excludes halogenated alkanes) is 1. The smallest absolute Gasteiger partial charge is 0.356 e. The molecule has 0 radical (unpaired) electrons. The lowest BCUT2D eigenvalue weighted by Gasteiger charge is -2.13. The topological polar surface area (TPSA) is 75.1 Å². The van der Waals surface area contributed by atoms with E-state index >= 15 is 0 Å². The van der Waals surface area contributed by atoms with Crippen LogP contribution in [0.1, 0.15) is 43.6 Å². The number of hydrogen-bond acceptors (Lipinski definition) is 4. The molecule has 5 heteroatoms. The molecule has 1 atom stereocenters. The summed E-state index contributed by atoms with van der Waals surface area (Å²) < 4.78 is 0. The Morgan fingerprint density at radius 2 is 2.25 bits per heavy atom. The highest BCUT2D eigenvalue weighted by Gasteiger charge is 2.06. The number of aromatic carboxylic acids is 1. The van der Waals surface area contributed by atoms with Crippen LogP contribution in [-0.4, -0.2) is 27.3 Å². The van der Waals surface area contributed by atoms with E-state index < -0.39 is 5.97 Å². The van der Waals surface area contributed by atoms with Crippen molar-refractivity contribution >= 4 is 11.8 Å². The molecule has 1 rings (SSSR count). The molecule has 16 heavy (non-hydrogen) atoms. The van der Waals surface area contributed by atoms with E-state index in [1.165, 1.54) is 6.07 Å². The van der Waals surface area contributed by atoms with Crippen LogP contribution in [0.15, 0.2) is 12.1 Å². The SMILES string of the molecule is CCCCC(C)Nc1ccc(C(=O)O)nn1. The maximum atomic E-state index is 10.6. The van der Waals surface area contributed by atoms with Gasteiger partial charge in [0.05, 0.1) is 0 Å². The number of anilines is 1. The first-order valence-corrected chi connectivity index (χ1v) is 5.47. The fraction of sp³-hybridized carbons (Fsp3) is 0.545. The third-order valence-corrected chi connectivity index (χ3v) is 2.27. The Morgan fingerprint density at radius 3 is 2.75 bits per heavy atom. The van der Waals surface area contributed by atoms with Gasteiger partial charge in [-0.25, -0.2) is 4.79 Å². The van der Waals surface area contributed by atoms with E-state index in [9.17, 15) is 4.79 Å². The number of carboxylic acids is 1. The lowest BCUT2D eigenvalue weighted by Crippen LogP contribution is -2.16. The zero-order valence-electron chi connectivity index (χ0n) is 9.60. The van der Waals surface area contributed by atoms with Crippen molar-refractivity contribution in [3.05, 3.63) is 17.8 Å². The minimum absolute atomic E-state index is 0.0354. The van der Waals surface area contributed by atoms with E-state index in [-0.39, 0.29) is 5.69 Å². The van der Waals surface area contributed by atoms with Gasteiger partial charge < -0.3 is 10.4 Å². The number of nitrogens with zero attached hydrogens (tertiary/aromatic N) is 2. The van der Waals surface area contributed by atoms with Crippen LogP contribution in [0.25, 0.3) is 0 Å². The second-order valence-electron chi connectivity index (χ2n) is 3.80. The van der Waals surface area contributed by atoms with E-state index in [4.69, 9.17) is 5.11 Å². The zero-order valence-corrected chi connectivity index (χ0v) is 9.60. The molecule has 0 aliphatic carbocycles. The molecule has 2 N–H and O–H groups in total. The number of aromatic nitrogens is 2. The van der Waals surface area contributed by atoms with Gasteiger partial charge in [0.2, 0.25) is 0 Å². The predicted molar refractivity (Wildman–Crippen MR) is 61.6 cm³/mol. The highest BCUT2D eigenvalue weighted by molar-refractivity contribution is 5.85. The van der Waals surface area contributed by atoms with Gasteiger partial charge >= 0.3 is 5.97 Å². The van der Waals surface area contributed by atoms with Crippen molar-refractivity contribution in [1.82, 2.24) is 10.2 Å². The summed E-state index contributed by atoms with van der Waals surface area (Å²) in [5.41, 5.74) is -0.0354. The first-order chi connectivity index (χ1) is 7.63. The molecule has 1 heterocycles. The van der Waals surface area contributed by atoms with Crippen LogP contribution in [-0.2, 0) is 0 Å². The number of hydrogen-bond donors (Lipinski definition) is 2. The normalized spacial score (nSPS) is 12.1. The number of nitrogens with one attached hydrogen (secondary N) is 1. The van der Waals surface area contributed by atoms with Gasteiger partial charge in [-0.15, -0.1) is 10.2 Å². The first kappa shape index (κ1) is 12.4. The molecule has 1 aromatic heterocycles. The van der Waals surface area contributed by atoms with Crippen LogP contribution in [0.2, 0.25) is 0 Å². The molecule has 0 aliphatic rings. The van der Waals surface area contributed by atoms with Crippen LogP contribution >= 0.6 is 0 Å². The molecule has 0 saturated heterocycles. The van der Waals surface area contributed by atoms with Crippen molar-refractivity contribution in [2.45, 2.75) is 39.2 Å². The summed E-state index contributed by atoms with van der Waals surface area (Å²) in [6.07, 6.45) is 3.39. The van der Waals surface area contributed by atoms with E-state index in [0.29, 0.717) is 11.9 Å². The van der Waals surface area contributed by atoms with Gasteiger partial charge in [0.15, 0.2) is 5.69 Å². The molecule has 0 fully saturated rings. The first-order valence-electron chi connectivity index (χ1n) is 5.47. The molecule has 0 saturated carbocycles. The van der Waals surface area contributed by atoms with Gasteiger partial charge in [-0.1, -0.05) is 19.8 Å². The minimum atomic E-state index is -1.06. The monoisotopic (exact) mass is 223 g/mol. The summed E-state index contributed by atoms with van der Waals surface area (Å²) >= 11 is 0. The van der Waals surface area contributed by atoms with Crippen LogP contribution in [0.4, 0.5) is 5.82 Å². The van der Waals surface area contributed by atoms with Crippen molar-refractivity contribution in [2.24, 2.45) is 0 Å². The van der Waals surface area contributed by atoms with Crippen molar-refractivity contribution in [2.75, 3.05) is 5.32 Å². The molecule has 0 bridgehead atoms.